The molecule has 4 atom stereocenters. The number of amides is 1. The molecule has 2 aromatic rings. The zero-order chi connectivity index (χ0) is 25.5. The third-order valence-corrected chi connectivity index (χ3v) is 6.64. The number of pyridine rings is 1. The monoisotopic (exact) mass is 492 g/mol. The van der Waals surface area contributed by atoms with E-state index in [9.17, 15) is 18.7 Å². The van der Waals surface area contributed by atoms with E-state index in [-0.39, 0.29) is 29.8 Å². The summed E-state index contributed by atoms with van der Waals surface area (Å²) < 4.78 is 49.4. The first kappa shape index (κ1) is 25.1. The number of nitrogens with zero attached hydrogens (tertiary/aromatic N) is 1. The minimum absolute atomic E-state index is 0.135. The number of rotatable bonds is 7. The first-order chi connectivity index (χ1) is 16.5. The van der Waals surface area contributed by atoms with Gasteiger partial charge in [-0.25, -0.2) is 0 Å². The van der Waals surface area contributed by atoms with E-state index in [2.05, 4.69) is 10.3 Å². The number of carbonyl (C=O) groups is 1. The maximum Gasteiger partial charge on any atom is 0.586 e. The van der Waals surface area contributed by atoms with E-state index in [0.717, 1.165) is 0 Å². The summed E-state index contributed by atoms with van der Waals surface area (Å²) in [5, 5.41) is 12.7. The highest BCUT2D eigenvalue weighted by atomic mass is 19.3. The second-order valence-electron chi connectivity index (χ2n) is 9.25. The van der Waals surface area contributed by atoms with Crippen LogP contribution in [-0.2, 0) is 9.53 Å². The SMILES string of the molecule is CCOc1ccc([C@H]2[C@H](C(=O)Nc3ccc([C@@H](O)CC)nc3)OC(C)(C)[C@H]2C)c2c1OC(F)(F)O2. The fourth-order valence-electron chi connectivity index (χ4n) is 4.50. The highest BCUT2D eigenvalue weighted by Gasteiger charge is 2.54. The molecule has 1 fully saturated rings. The molecule has 190 valence electrons. The third kappa shape index (κ3) is 4.77. The minimum Gasteiger partial charge on any atom is -0.490 e. The molecule has 1 amide bonds. The van der Waals surface area contributed by atoms with E-state index in [1.54, 1.807) is 25.1 Å². The lowest BCUT2D eigenvalue weighted by Crippen LogP contribution is -2.33. The number of anilines is 1. The first-order valence-electron chi connectivity index (χ1n) is 11.7. The average Bonchev–Trinajstić information content (AvgIpc) is 3.26. The first-order valence-corrected chi connectivity index (χ1v) is 11.7. The van der Waals surface area contributed by atoms with Crippen LogP contribution in [0.25, 0.3) is 0 Å². The lowest BCUT2D eigenvalue weighted by atomic mass is 9.78. The van der Waals surface area contributed by atoms with Crippen molar-refractivity contribution in [1.29, 1.82) is 0 Å². The molecule has 1 aromatic heterocycles. The molecular weight excluding hydrogens is 462 g/mol. The molecule has 8 nitrogen and oxygen atoms in total. The summed E-state index contributed by atoms with van der Waals surface area (Å²) in [6.07, 6.45) is -3.57. The molecule has 1 aromatic carbocycles. The highest BCUT2D eigenvalue weighted by Crippen LogP contribution is 2.56. The number of benzene rings is 1. The fraction of sp³-hybridized carbons (Fsp3) is 0.520. The molecule has 0 radical (unpaired) electrons. The molecule has 3 heterocycles. The van der Waals surface area contributed by atoms with Gasteiger partial charge in [0.2, 0.25) is 5.75 Å². The van der Waals surface area contributed by atoms with Crippen LogP contribution in [0.1, 0.15) is 64.3 Å². The van der Waals surface area contributed by atoms with Gasteiger partial charge >= 0.3 is 6.29 Å². The molecule has 2 aliphatic heterocycles. The number of aliphatic hydroxyl groups excluding tert-OH is 1. The summed E-state index contributed by atoms with van der Waals surface area (Å²) in [4.78, 5) is 17.5. The van der Waals surface area contributed by atoms with E-state index in [1.165, 1.54) is 12.3 Å². The number of hydrogen-bond donors (Lipinski definition) is 2. The Bertz CT molecular complexity index is 1090. The number of ether oxygens (including phenoxy) is 4. The summed E-state index contributed by atoms with van der Waals surface area (Å²) in [6.45, 7) is 9.42. The molecule has 0 saturated carbocycles. The smallest absolute Gasteiger partial charge is 0.490 e. The zero-order valence-corrected chi connectivity index (χ0v) is 20.3. The molecule has 2 N–H and O–H groups in total. The average molecular weight is 493 g/mol. The Hall–Kier alpha value is -2.98. The van der Waals surface area contributed by atoms with Crippen LogP contribution >= 0.6 is 0 Å². The van der Waals surface area contributed by atoms with Crippen LogP contribution in [0.3, 0.4) is 0 Å². The molecule has 2 aliphatic rings. The molecule has 10 heteroatoms. The molecule has 0 spiro atoms. The second kappa shape index (κ2) is 9.23. The molecule has 0 aliphatic carbocycles. The number of fused-ring (bicyclic) bond motifs is 1. The van der Waals surface area contributed by atoms with Crippen molar-refractivity contribution >= 4 is 11.6 Å². The lowest BCUT2D eigenvalue weighted by molar-refractivity contribution is -0.287. The van der Waals surface area contributed by atoms with Crippen molar-refractivity contribution in [3.8, 4) is 17.2 Å². The van der Waals surface area contributed by atoms with Gasteiger partial charge in [0.1, 0.15) is 6.10 Å². The van der Waals surface area contributed by atoms with Gasteiger partial charge in [0.05, 0.1) is 35.9 Å². The van der Waals surface area contributed by atoms with Gasteiger partial charge in [-0.1, -0.05) is 19.9 Å². The molecule has 0 bridgehead atoms. The Morgan fingerprint density at radius 2 is 1.91 bits per heavy atom. The van der Waals surface area contributed by atoms with E-state index in [1.807, 2.05) is 27.7 Å². The number of aromatic nitrogens is 1. The summed E-state index contributed by atoms with van der Waals surface area (Å²) in [6, 6.07) is 6.43. The van der Waals surface area contributed by atoms with Crippen molar-refractivity contribution in [2.24, 2.45) is 5.92 Å². The second-order valence-corrected chi connectivity index (χ2v) is 9.25. The minimum atomic E-state index is -3.85. The van der Waals surface area contributed by atoms with Crippen LogP contribution in [0.5, 0.6) is 17.2 Å². The van der Waals surface area contributed by atoms with Crippen LogP contribution in [0.15, 0.2) is 30.5 Å². The zero-order valence-electron chi connectivity index (χ0n) is 20.3. The van der Waals surface area contributed by atoms with Crippen molar-refractivity contribution in [1.82, 2.24) is 4.98 Å². The Morgan fingerprint density at radius 3 is 2.54 bits per heavy atom. The molecule has 4 rings (SSSR count). The van der Waals surface area contributed by atoms with E-state index in [0.29, 0.717) is 23.4 Å². The maximum atomic E-state index is 14.1. The fourth-order valence-corrected chi connectivity index (χ4v) is 4.50. The summed E-state index contributed by atoms with van der Waals surface area (Å²) in [5.41, 5.74) is 0.564. The normalized spacial score (nSPS) is 24.7. The van der Waals surface area contributed by atoms with Gasteiger partial charge in [-0.2, -0.15) is 0 Å². The van der Waals surface area contributed by atoms with Gasteiger partial charge in [-0.05, 0) is 51.3 Å². The van der Waals surface area contributed by atoms with Crippen LogP contribution in [0, 0.1) is 5.92 Å². The van der Waals surface area contributed by atoms with Gasteiger partial charge in [0.15, 0.2) is 11.5 Å². The van der Waals surface area contributed by atoms with Crippen LogP contribution in [0.4, 0.5) is 14.5 Å². The summed E-state index contributed by atoms with van der Waals surface area (Å²) in [5.74, 6) is -1.52. The van der Waals surface area contributed by atoms with Gasteiger partial charge in [-0.3, -0.25) is 9.78 Å². The van der Waals surface area contributed by atoms with Gasteiger partial charge in [0.25, 0.3) is 5.91 Å². The lowest BCUT2D eigenvalue weighted by Gasteiger charge is -2.25. The Labute approximate surface area is 202 Å². The highest BCUT2D eigenvalue weighted by molar-refractivity contribution is 5.95. The van der Waals surface area contributed by atoms with E-state index in [4.69, 9.17) is 18.9 Å². The van der Waals surface area contributed by atoms with Crippen molar-refractivity contribution in [3.05, 3.63) is 41.7 Å². The van der Waals surface area contributed by atoms with Gasteiger partial charge in [0, 0.05) is 11.5 Å². The molecule has 1 saturated heterocycles. The van der Waals surface area contributed by atoms with Crippen LogP contribution < -0.4 is 19.5 Å². The number of nitrogens with one attached hydrogen (secondary N) is 1. The largest absolute Gasteiger partial charge is 0.586 e. The Morgan fingerprint density at radius 1 is 1.20 bits per heavy atom. The number of aliphatic hydroxyl groups is 1. The van der Waals surface area contributed by atoms with Crippen molar-refractivity contribution < 1.29 is 37.6 Å². The number of hydrogen-bond acceptors (Lipinski definition) is 7. The summed E-state index contributed by atoms with van der Waals surface area (Å²) in [7, 11) is 0. The topological polar surface area (TPSA) is 99.1 Å². The van der Waals surface area contributed by atoms with Crippen molar-refractivity contribution in [3.63, 3.8) is 0 Å². The maximum absolute atomic E-state index is 14.1. The van der Waals surface area contributed by atoms with Crippen molar-refractivity contribution in [2.45, 2.75) is 71.1 Å². The number of alkyl halides is 2. The van der Waals surface area contributed by atoms with Crippen LogP contribution in [-0.4, -0.2) is 40.6 Å². The molecular formula is C25H30F2N2O6. The van der Waals surface area contributed by atoms with Crippen molar-refractivity contribution in [2.75, 3.05) is 11.9 Å². The van der Waals surface area contributed by atoms with Crippen LogP contribution in [0.2, 0.25) is 0 Å². The van der Waals surface area contributed by atoms with E-state index < -0.39 is 35.9 Å². The summed E-state index contributed by atoms with van der Waals surface area (Å²) >= 11 is 0. The van der Waals surface area contributed by atoms with Gasteiger partial charge < -0.3 is 29.4 Å². The Balaban J connectivity index is 1.66. The predicted molar refractivity (Wildman–Crippen MR) is 123 cm³/mol. The number of halogens is 2. The molecule has 35 heavy (non-hydrogen) atoms. The number of carbonyl (C=O) groups excluding carboxylic acids is 1. The van der Waals surface area contributed by atoms with E-state index >= 15 is 0 Å². The molecule has 0 unspecified atom stereocenters. The predicted octanol–water partition coefficient (Wildman–Crippen LogP) is 4.78. The van der Waals surface area contributed by atoms with Gasteiger partial charge in [-0.15, -0.1) is 8.78 Å². The quantitative estimate of drug-likeness (QED) is 0.574. The third-order valence-electron chi connectivity index (χ3n) is 6.64. The Kier molecular flexibility index (Phi) is 6.63. The standard InChI is InChI=1S/C25H30F2N2O6/c1-6-17(30)16-10-8-14(12-28-16)29-23(31)22-19(13(3)24(4,5)33-22)15-9-11-18(32-7-2)21-20(15)34-25(26,27)35-21/h8-13,17,19,22,30H,6-7H2,1-5H3,(H,29,31)/t13-,17-,19-,22+/m0/s1.